The smallest absolute Gasteiger partial charge is 0.258 e. The van der Waals surface area contributed by atoms with Crippen molar-refractivity contribution >= 4 is 65.6 Å². The number of carbonyl (C=O) groups excluding carboxylic acids is 1. The lowest BCUT2D eigenvalue weighted by Gasteiger charge is -1.97. The topological polar surface area (TPSA) is 42.0 Å². The fraction of sp³-hybridized carbons (Fsp3) is 0. The van der Waals surface area contributed by atoms with Gasteiger partial charge in [0.05, 0.1) is 19.3 Å². The highest BCUT2D eigenvalue weighted by atomic mass is 79.9. The number of thiophene rings is 1. The van der Waals surface area contributed by atoms with Crippen LogP contribution in [-0.4, -0.2) is 10.9 Å². The molecule has 0 saturated heterocycles. The molecule has 78 valence electrons. The van der Waals surface area contributed by atoms with Gasteiger partial charge in [-0.3, -0.25) is 10.1 Å². The summed E-state index contributed by atoms with van der Waals surface area (Å²) >= 11 is 9.45. The highest BCUT2D eigenvalue weighted by Gasteiger charge is 2.09. The van der Waals surface area contributed by atoms with Crippen LogP contribution < -0.4 is 5.32 Å². The van der Waals surface area contributed by atoms with Gasteiger partial charge in [-0.2, -0.15) is 0 Å². The van der Waals surface area contributed by atoms with Crippen LogP contribution in [-0.2, 0) is 0 Å². The molecule has 0 bridgehead atoms. The minimum Gasteiger partial charge on any atom is -0.298 e. The second-order valence-corrected chi connectivity index (χ2v) is 7.26. The Morgan fingerprint density at radius 3 is 2.73 bits per heavy atom. The summed E-state index contributed by atoms with van der Waals surface area (Å²) in [6.45, 7) is 0. The van der Waals surface area contributed by atoms with E-state index in [2.05, 4.69) is 42.2 Å². The van der Waals surface area contributed by atoms with E-state index in [0.717, 1.165) is 7.57 Å². The van der Waals surface area contributed by atoms with Crippen LogP contribution in [0.3, 0.4) is 0 Å². The zero-order valence-electron chi connectivity index (χ0n) is 7.16. The largest absolute Gasteiger partial charge is 0.298 e. The van der Waals surface area contributed by atoms with Crippen LogP contribution in [0.1, 0.15) is 10.4 Å². The SMILES string of the molecule is O=C(Nc1ncc(Br)s1)c1csc(Br)c1. The molecular formula is C8H4Br2N2OS2. The quantitative estimate of drug-likeness (QED) is 0.872. The molecule has 1 N–H and O–H groups in total. The standard InChI is InChI=1S/C8H4Br2N2OS2/c9-5-1-4(3-14-5)7(13)12-8-11-2-6(10)15-8/h1-3H,(H,11,12,13). The molecule has 7 heteroatoms. The average molecular weight is 368 g/mol. The zero-order chi connectivity index (χ0) is 10.8. The van der Waals surface area contributed by atoms with Gasteiger partial charge in [-0.05, 0) is 37.9 Å². The third-order valence-electron chi connectivity index (χ3n) is 1.53. The third kappa shape index (κ3) is 2.87. The number of carbonyl (C=O) groups is 1. The first-order valence-corrected chi connectivity index (χ1v) is 7.10. The van der Waals surface area contributed by atoms with Gasteiger partial charge in [-0.25, -0.2) is 4.98 Å². The Kier molecular flexibility index (Phi) is 3.55. The lowest BCUT2D eigenvalue weighted by atomic mass is 10.3. The van der Waals surface area contributed by atoms with Crippen LogP contribution in [0, 0.1) is 0 Å². The summed E-state index contributed by atoms with van der Waals surface area (Å²) in [6, 6.07) is 1.78. The maximum atomic E-state index is 11.7. The van der Waals surface area contributed by atoms with Gasteiger partial charge in [-0.15, -0.1) is 11.3 Å². The Labute approximate surface area is 111 Å². The van der Waals surface area contributed by atoms with Crippen molar-refractivity contribution in [2.75, 3.05) is 5.32 Å². The summed E-state index contributed by atoms with van der Waals surface area (Å²) in [5.41, 5.74) is 0.637. The van der Waals surface area contributed by atoms with E-state index in [1.165, 1.54) is 22.7 Å². The maximum absolute atomic E-state index is 11.7. The van der Waals surface area contributed by atoms with Gasteiger partial charge in [0.1, 0.15) is 0 Å². The number of rotatable bonds is 2. The molecule has 15 heavy (non-hydrogen) atoms. The minimum atomic E-state index is -0.140. The molecule has 0 spiro atoms. The van der Waals surface area contributed by atoms with Gasteiger partial charge in [0.15, 0.2) is 5.13 Å². The maximum Gasteiger partial charge on any atom is 0.258 e. The fourth-order valence-corrected chi connectivity index (χ4v) is 3.15. The molecule has 0 aliphatic rings. The van der Waals surface area contributed by atoms with Crippen molar-refractivity contribution in [2.24, 2.45) is 0 Å². The van der Waals surface area contributed by atoms with E-state index in [0.29, 0.717) is 10.7 Å². The molecule has 0 atom stereocenters. The van der Waals surface area contributed by atoms with Gasteiger partial charge in [0.25, 0.3) is 5.91 Å². The van der Waals surface area contributed by atoms with E-state index in [-0.39, 0.29) is 5.91 Å². The number of amides is 1. The average Bonchev–Trinajstić information content (AvgIpc) is 2.75. The van der Waals surface area contributed by atoms with E-state index >= 15 is 0 Å². The summed E-state index contributed by atoms with van der Waals surface area (Å²) in [5, 5.41) is 5.10. The Hall–Kier alpha value is -0.240. The number of nitrogens with zero attached hydrogens (tertiary/aromatic N) is 1. The Bertz CT molecular complexity index is 494. The van der Waals surface area contributed by atoms with Gasteiger partial charge in [-0.1, -0.05) is 11.3 Å². The second kappa shape index (κ2) is 4.73. The monoisotopic (exact) mass is 366 g/mol. The molecule has 2 aromatic heterocycles. The lowest BCUT2D eigenvalue weighted by molar-refractivity contribution is 0.102. The van der Waals surface area contributed by atoms with Crippen molar-refractivity contribution in [3.05, 3.63) is 30.8 Å². The first kappa shape index (κ1) is 11.3. The number of nitrogens with one attached hydrogen (secondary N) is 1. The first-order valence-electron chi connectivity index (χ1n) is 3.82. The molecule has 0 fully saturated rings. The zero-order valence-corrected chi connectivity index (χ0v) is 12.0. The fourth-order valence-electron chi connectivity index (χ4n) is 0.911. The van der Waals surface area contributed by atoms with Gasteiger partial charge < -0.3 is 0 Å². The first-order chi connectivity index (χ1) is 7.15. The summed E-state index contributed by atoms with van der Waals surface area (Å²) < 4.78 is 1.83. The molecule has 0 radical (unpaired) electrons. The Morgan fingerprint density at radius 2 is 2.20 bits per heavy atom. The van der Waals surface area contributed by atoms with E-state index < -0.39 is 0 Å². The predicted octanol–water partition coefficient (Wildman–Crippen LogP) is 3.98. The number of hydrogen-bond donors (Lipinski definition) is 1. The summed E-state index contributed by atoms with van der Waals surface area (Å²) in [6.07, 6.45) is 1.66. The number of hydrogen-bond acceptors (Lipinski definition) is 4. The van der Waals surface area contributed by atoms with Gasteiger partial charge in [0, 0.05) is 5.38 Å². The number of thiazole rings is 1. The summed E-state index contributed by atoms with van der Waals surface area (Å²) in [4.78, 5) is 15.7. The van der Waals surface area contributed by atoms with E-state index in [1.807, 2.05) is 0 Å². The molecule has 0 aliphatic heterocycles. The lowest BCUT2D eigenvalue weighted by Crippen LogP contribution is -2.10. The molecule has 0 unspecified atom stereocenters. The normalized spacial score (nSPS) is 10.3. The van der Waals surface area contributed by atoms with Gasteiger partial charge >= 0.3 is 0 Å². The van der Waals surface area contributed by atoms with Crippen LogP contribution in [0.25, 0.3) is 0 Å². The molecule has 2 rings (SSSR count). The summed E-state index contributed by atoms with van der Waals surface area (Å²) in [7, 11) is 0. The van der Waals surface area contributed by atoms with Crippen molar-refractivity contribution in [1.29, 1.82) is 0 Å². The van der Waals surface area contributed by atoms with Crippen LogP contribution in [0.5, 0.6) is 0 Å². The number of halogens is 2. The van der Waals surface area contributed by atoms with Crippen molar-refractivity contribution in [3.8, 4) is 0 Å². The van der Waals surface area contributed by atoms with E-state index in [4.69, 9.17) is 0 Å². The van der Waals surface area contributed by atoms with Crippen molar-refractivity contribution in [3.63, 3.8) is 0 Å². The molecule has 2 aromatic rings. The molecule has 1 amide bonds. The van der Waals surface area contributed by atoms with Crippen molar-refractivity contribution < 1.29 is 4.79 Å². The van der Waals surface area contributed by atoms with E-state index in [1.54, 1.807) is 17.6 Å². The summed E-state index contributed by atoms with van der Waals surface area (Å²) in [5.74, 6) is -0.140. The number of anilines is 1. The van der Waals surface area contributed by atoms with Crippen LogP contribution in [0.2, 0.25) is 0 Å². The molecule has 0 saturated carbocycles. The van der Waals surface area contributed by atoms with Crippen LogP contribution in [0.4, 0.5) is 5.13 Å². The second-order valence-electron chi connectivity index (χ2n) is 2.56. The molecule has 0 aliphatic carbocycles. The molecule has 3 nitrogen and oxygen atoms in total. The minimum absolute atomic E-state index is 0.140. The van der Waals surface area contributed by atoms with Crippen LogP contribution in [0.15, 0.2) is 25.2 Å². The Morgan fingerprint density at radius 1 is 1.40 bits per heavy atom. The van der Waals surface area contributed by atoms with Crippen LogP contribution >= 0.6 is 54.5 Å². The third-order valence-corrected chi connectivity index (χ3v) is 4.42. The van der Waals surface area contributed by atoms with E-state index in [9.17, 15) is 4.79 Å². The molecule has 2 heterocycles. The Balaban J connectivity index is 2.10. The van der Waals surface area contributed by atoms with Crippen molar-refractivity contribution in [2.45, 2.75) is 0 Å². The van der Waals surface area contributed by atoms with Crippen molar-refractivity contribution in [1.82, 2.24) is 4.98 Å². The predicted molar refractivity (Wildman–Crippen MR) is 69.8 cm³/mol. The number of aromatic nitrogens is 1. The highest BCUT2D eigenvalue weighted by molar-refractivity contribution is 9.11. The van der Waals surface area contributed by atoms with Gasteiger partial charge in [0.2, 0.25) is 0 Å². The molecule has 0 aromatic carbocycles. The highest BCUT2D eigenvalue weighted by Crippen LogP contribution is 2.25. The molecular weight excluding hydrogens is 364 g/mol.